The van der Waals surface area contributed by atoms with Gasteiger partial charge in [-0.1, -0.05) is 0 Å². The lowest BCUT2D eigenvalue weighted by Gasteiger charge is -2.31. The third-order valence-electron chi connectivity index (χ3n) is 6.62. The summed E-state index contributed by atoms with van der Waals surface area (Å²) in [6.07, 6.45) is 5.24. The van der Waals surface area contributed by atoms with Gasteiger partial charge in [0.25, 0.3) is 11.8 Å². The minimum Gasteiger partial charge on any atom is -0.365 e. The molecule has 4 rings (SSSR count). The number of aromatic nitrogens is 2. The van der Waals surface area contributed by atoms with Gasteiger partial charge >= 0.3 is 0 Å². The third-order valence-corrected chi connectivity index (χ3v) is 6.62. The maximum Gasteiger partial charge on any atom is 0.254 e. The largest absolute Gasteiger partial charge is 0.365 e. The Bertz CT molecular complexity index is 1170. The zero-order valence-electron chi connectivity index (χ0n) is 20.3. The minimum absolute atomic E-state index is 0.0311. The molecule has 0 radical (unpaired) electrons. The van der Waals surface area contributed by atoms with Crippen molar-refractivity contribution < 1.29 is 9.59 Å². The molecule has 35 heavy (non-hydrogen) atoms. The number of nitrogens with two attached hydrogens (primary N) is 2. The molecule has 184 valence electrons. The Balaban J connectivity index is 1.73. The molecule has 2 aromatic rings. The van der Waals surface area contributed by atoms with Crippen molar-refractivity contribution in [3.05, 3.63) is 41.1 Å². The fourth-order valence-corrected chi connectivity index (χ4v) is 4.48. The predicted molar refractivity (Wildman–Crippen MR) is 133 cm³/mol. The van der Waals surface area contributed by atoms with Crippen LogP contribution in [0, 0.1) is 11.3 Å². The number of carbonyl (C=O) groups excluding carboxylic acids is 2. The molecule has 2 aliphatic heterocycles. The van der Waals surface area contributed by atoms with Gasteiger partial charge in [0, 0.05) is 49.7 Å². The molecule has 10 nitrogen and oxygen atoms in total. The number of hydrogen-bond acceptors (Lipinski definition) is 8. The maximum absolute atomic E-state index is 13.2. The van der Waals surface area contributed by atoms with Crippen LogP contribution in [0.25, 0.3) is 0 Å². The Kier molecular flexibility index (Phi) is 6.89. The van der Waals surface area contributed by atoms with Crippen LogP contribution < -0.4 is 21.7 Å². The summed E-state index contributed by atoms with van der Waals surface area (Å²) in [6.45, 7) is 6.42. The molecular formula is C25H32N8O2. The second-order valence-electron chi connectivity index (χ2n) is 9.81. The van der Waals surface area contributed by atoms with E-state index in [4.69, 9.17) is 11.5 Å². The lowest BCUT2D eigenvalue weighted by atomic mass is 9.85. The van der Waals surface area contributed by atoms with Gasteiger partial charge < -0.3 is 26.6 Å². The van der Waals surface area contributed by atoms with Gasteiger partial charge in [0.15, 0.2) is 0 Å². The van der Waals surface area contributed by atoms with Gasteiger partial charge in [0.05, 0.1) is 11.5 Å². The Morgan fingerprint density at radius 1 is 1.17 bits per heavy atom. The van der Waals surface area contributed by atoms with E-state index < -0.39 is 11.3 Å². The number of nitrogens with zero attached hydrogens (tertiary/aromatic N) is 5. The minimum atomic E-state index is -0.828. The molecule has 2 fully saturated rings. The summed E-state index contributed by atoms with van der Waals surface area (Å²) in [4.78, 5) is 38.1. The molecule has 3 heterocycles. The summed E-state index contributed by atoms with van der Waals surface area (Å²) >= 11 is 0. The summed E-state index contributed by atoms with van der Waals surface area (Å²) in [7, 11) is 0. The van der Waals surface area contributed by atoms with E-state index >= 15 is 0 Å². The zero-order valence-corrected chi connectivity index (χ0v) is 20.3. The molecule has 10 heteroatoms. The van der Waals surface area contributed by atoms with Crippen molar-refractivity contribution in [1.82, 2.24) is 14.9 Å². The average Bonchev–Trinajstić information content (AvgIpc) is 3.38. The van der Waals surface area contributed by atoms with Gasteiger partial charge in [-0.15, -0.1) is 0 Å². The van der Waals surface area contributed by atoms with Crippen molar-refractivity contribution in [3.8, 4) is 6.07 Å². The molecule has 1 aromatic heterocycles. The lowest BCUT2D eigenvalue weighted by Crippen LogP contribution is -2.43. The number of likely N-dealkylation sites (tertiary alicyclic amines) is 1. The van der Waals surface area contributed by atoms with Crippen molar-refractivity contribution in [2.24, 2.45) is 11.5 Å². The highest BCUT2D eigenvalue weighted by atomic mass is 16.2. The molecule has 1 unspecified atom stereocenters. The fraction of sp³-hybridized carbons (Fsp3) is 0.480. The highest BCUT2D eigenvalue weighted by Gasteiger charge is 2.26. The van der Waals surface area contributed by atoms with Gasteiger partial charge in [0.1, 0.15) is 11.4 Å². The first-order valence-corrected chi connectivity index (χ1v) is 12.0. The van der Waals surface area contributed by atoms with Gasteiger partial charge in [0.2, 0.25) is 5.95 Å². The Morgan fingerprint density at radius 2 is 1.91 bits per heavy atom. The normalized spacial score (nSPS) is 18.3. The number of nitriles is 1. The van der Waals surface area contributed by atoms with Crippen LogP contribution >= 0.6 is 0 Å². The van der Waals surface area contributed by atoms with E-state index in [1.165, 1.54) is 6.20 Å². The van der Waals surface area contributed by atoms with Crippen LogP contribution in [0.4, 0.5) is 17.5 Å². The van der Waals surface area contributed by atoms with E-state index in [1.54, 1.807) is 32.0 Å². The second-order valence-corrected chi connectivity index (χ2v) is 9.81. The van der Waals surface area contributed by atoms with Crippen molar-refractivity contribution in [1.29, 1.82) is 5.26 Å². The van der Waals surface area contributed by atoms with E-state index in [2.05, 4.69) is 21.4 Å². The number of benzene rings is 1. The number of piperidine rings is 1. The van der Waals surface area contributed by atoms with Crippen LogP contribution in [0.5, 0.6) is 0 Å². The summed E-state index contributed by atoms with van der Waals surface area (Å²) in [6, 6.07) is 7.62. The zero-order chi connectivity index (χ0) is 25.2. The van der Waals surface area contributed by atoms with Gasteiger partial charge in [-0.3, -0.25) is 9.59 Å². The molecular weight excluding hydrogens is 444 g/mol. The molecule has 0 bridgehead atoms. The molecule has 2 saturated heterocycles. The molecule has 0 saturated carbocycles. The Labute approximate surface area is 205 Å². The first kappa shape index (κ1) is 24.4. The summed E-state index contributed by atoms with van der Waals surface area (Å²) in [5.41, 5.74) is 12.7. The SMILES string of the molecule is CC(C)(C#N)c1cc(Nc2nc(N3CCCC(N)C3)ncc2C(N)=O)cc(C(=O)N2CCCC2)c1. The highest BCUT2D eigenvalue weighted by molar-refractivity contribution is 5.99. The first-order chi connectivity index (χ1) is 16.7. The van der Waals surface area contributed by atoms with Crippen LogP contribution in [0.15, 0.2) is 24.4 Å². The molecule has 2 aliphatic rings. The molecule has 2 amide bonds. The number of carbonyl (C=O) groups is 2. The van der Waals surface area contributed by atoms with Crippen LogP contribution in [-0.4, -0.2) is 58.9 Å². The molecule has 5 N–H and O–H groups in total. The Hall–Kier alpha value is -3.71. The molecule has 0 spiro atoms. The van der Waals surface area contributed by atoms with Gasteiger partial charge in [-0.2, -0.15) is 10.2 Å². The van der Waals surface area contributed by atoms with E-state index in [-0.39, 0.29) is 23.3 Å². The number of nitrogens with one attached hydrogen (secondary N) is 1. The fourth-order valence-electron chi connectivity index (χ4n) is 4.48. The van der Waals surface area contributed by atoms with E-state index in [9.17, 15) is 14.9 Å². The highest BCUT2D eigenvalue weighted by Crippen LogP contribution is 2.30. The number of rotatable bonds is 6. The Morgan fingerprint density at radius 3 is 2.57 bits per heavy atom. The smallest absolute Gasteiger partial charge is 0.254 e. The number of hydrogen-bond donors (Lipinski definition) is 3. The third kappa shape index (κ3) is 5.35. The van der Waals surface area contributed by atoms with Crippen molar-refractivity contribution in [3.63, 3.8) is 0 Å². The molecule has 0 aliphatic carbocycles. The molecule has 1 aromatic carbocycles. The van der Waals surface area contributed by atoms with Crippen LogP contribution in [0.1, 0.15) is 65.8 Å². The lowest BCUT2D eigenvalue weighted by molar-refractivity contribution is 0.0792. The monoisotopic (exact) mass is 476 g/mol. The second kappa shape index (κ2) is 9.88. The first-order valence-electron chi connectivity index (χ1n) is 12.0. The van der Waals surface area contributed by atoms with Crippen molar-refractivity contribution >= 4 is 29.3 Å². The standard InChI is InChI=1S/C25H32N8O2/c1-25(2,15-26)17-10-16(23(35)32-7-3-4-8-32)11-19(12-17)30-22-20(21(28)34)13-29-24(31-22)33-9-5-6-18(27)14-33/h10-13,18H,3-9,14,27H2,1-2H3,(H2,28,34)(H,29,30,31). The van der Waals surface area contributed by atoms with E-state index in [1.807, 2.05) is 9.80 Å². The summed E-state index contributed by atoms with van der Waals surface area (Å²) in [5, 5.41) is 12.9. The molecule has 1 atom stereocenters. The van der Waals surface area contributed by atoms with Crippen LogP contribution in [0.2, 0.25) is 0 Å². The maximum atomic E-state index is 13.2. The number of anilines is 3. The van der Waals surface area contributed by atoms with Crippen LogP contribution in [-0.2, 0) is 5.41 Å². The summed E-state index contributed by atoms with van der Waals surface area (Å²) in [5.74, 6) is -0.0547. The van der Waals surface area contributed by atoms with Crippen LogP contribution in [0.3, 0.4) is 0 Å². The quantitative estimate of drug-likeness (QED) is 0.574. The van der Waals surface area contributed by atoms with Crippen molar-refractivity contribution in [2.75, 3.05) is 36.4 Å². The predicted octanol–water partition coefficient (Wildman–Crippen LogP) is 2.28. The van der Waals surface area contributed by atoms with Gasteiger partial charge in [-0.25, -0.2) is 4.98 Å². The van der Waals surface area contributed by atoms with E-state index in [0.29, 0.717) is 42.4 Å². The number of amides is 2. The average molecular weight is 477 g/mol. The summed E-state index contributed by atoms with van der Waals surface area (Å²) < 4.78 is 0. The number of primary amides is 1. The topological polar surface area (TPSA) is 154 Å². The van der Waals surface area contributed by atoms with Crippen molar-refractivity contribution in [2.45, 2.75) is 51.0 Å². The van der Waals surface area contributed by atoms with E-state index in [0.717, 1.165) is 32.2 Å². The van der Waals surface area contributed by atoms with Gasteiger partial charge in [-0.05, 0) is 63.3 Å².